The summed E-state index contributed by atoms with van der Waals surface area (Å²) in [5.74, 6) is -4.81. The third-order valence-corrected chi connectivity index (χ3v) is 14.0. The number of methoxy groups -OCH3 is 2. The normalized spacial score (nSPS) is 46.3. The molecule has 284 valence electrons. The van der Waals surface area contributed by atoms with Crippen molar-refractivity contribution < 1.29 is 51.6 Å². The molecule has 0 spiro atoms. The highest BCUT2D eigenvalue weighted by molar-refractivity contribution is 7.90. The molecule has 3 aliphatic rings. The summed E-state index contributed by atoms with van der Waals surface area (Å²) in [6.07, 6.45) is -0.500. The Morgan fingerprint density at radius 1 is 0.918 bits per heavy atom. The third kappa shape index (κ3) is 8.56. The second-order valence-corrected chi connectivity index (χ2v) is 18.5. The number of sulfone groups is 1. The van der Waals surface area contributed by atoms with E-state index in [1.165, 1.54) is 0 Å². The van der Waals surface area contributed by atoms with Crippen LogP contribution in [0.25, 0.3) is 0 Å². The van der Waals surface area contributed by atoms with Gasteiger partial charge in [-0.15, -0.1) is 0 Å². The predicted molar refractivity (Wildman–Crippen MR) is 185 cm³/mol. The summed E-state index contributed by atoms with van der Waals surface area (Å²) in [4.78, 5) is 42.1. The highest BCUT2D eigenvalue weighted by Crippen LogP contribution is 2.50. The largest absolute Gasteiger partial charge is 0.458 e. The molecular weight excluding hydrogens is 652 g/mol. The lowest BCUT2D eigenvalue weighted by Gasteiger charge is -2.52. The Hall–Kier alpha value is -1.60. The molecule has 3 heterocycles. The van der Waals surface area contributed by atoms with Gasteiger partial charge in [-0.05, 0) is 64.7 Å². The summed E-state index contributed by atoms with van der Waals surface area (Å²) >= 11 is 0. The van der Waals surface area contributed by atoms with E-state index in [9.17, 15) is 27.9 Å². The van der Waals surface area contributed by atoms with Crippen LogP contribution in [0.1, 0.15) is 101 Å². The molecule has 3 fully saturated rings. The van der Waals surface area contributed by atoms with E-state index in [1.54, 1.807) is 28.1 Å². The number of ether oxygens (including phenoxy) is 5. The van der Waals surface area contributed by atoms with E-state index in [-0.39, 0.29) is 36.2 Å². The van der Waals surface area contributed by atoms with Crippen molar-refractivity contribution >= 4 is 27.6 Å². The zero-order valence-corrected chi connectivity index (χ0v) is 32.9. The fourth-order valence-corrected chi connectivity index (χ4v) is 10.4. The molecule has 0 radical (unpaired) electrons. The minimum Gasteiger partial charge on any atom is -0.458 e. The second-order valence-electron chi connectivity index (χ2n) is 16.3. The highest BCUT2D eigenvalue weighted by atomic mass is 32.2. The number of ketones is 1. The summed E-state index contributed by atoms with van der Waals surface area (Å²) in [6, 6.07) is 0. The molecule has 3 aliphatic heterocycles. The first-order chi connectivity index (χ1) is 22.5. The van der Waals surface area contributed by atoms with Crippen LogP contribution in [0.4, 0.5) is 0 Å². The number of carbonyl (C=O) groups is 3. The molecule has 0 aliphatic carbocycles. The van der Waals surface area contributed by atoms with Crippen LogP contribution in [0.15, 0.2) is 0 Å². The van der Waals surface area contributed by atoms with Crippen molar-refractivity contribution in [3.63, 3.8) is 0 Å². The topological polar surface area (TPSA) is 152 Å². The van der Waals surface area contributed by atoms with Crippen LogP contribution < -0.4 is 0 Å². The maximum atomic E-state index is 14.4. The van der Waals surface area contributed by atoms with Gasteiger partial charge in [0, 0.05) is 57.0 Å². The van der Waals surface area contributed by atoms with E-state index in [0.29, 0.717) is 19.3 Å². The summed E-state index contributed by atoms with van der Waals surface area (Å²) < 4.78 is 55.7. The summed E-state index contributed by atoms with van der Waals surface area (Å²) in [6.45, 7) is 18.9. The van der Waals surface area contributed by atoms with Crippen molar-refractivity contribution in [1.29, 1.82) is 0 Å². The molecule has 0 aromatic heterocycles. The predicted octanol–water partition coefficient (Wildman–Crippen LogP) is 4.80. The van der Waals surface area contributed by atoms with Gasteiger partial charge in [0.2, 0.25) is 0 Å². The summed E-state index contributed by atoms with van der Waals surface area (Å²) in [5, 5.41) is 11.0. The van der Waals surface area contributed by atoms with Gasteiger partial charge in [-0.25, -0.2) is 8.42 Å². The van der Waals surface area contributed by atoms with E-state index in [0.717, 1.165) is 6.26 Å². The van der Waals surface area contributed by atoms with E-state index in [4.69, 9.17) is 23.7 Å². The molecule has 2 unspecified atom stereocenters. The lowest BCUT2D eigenvalue weighted by molar-refractivity contribution is -0.238. The Balaban J connectivity index is 2.22. The van der Waals surface area contributed by atoms with Crippen molar-refractivity contribution in [3.8, 4) is 0 Å². The molecule has 0 amide bonds. The van der Waals surface area contributed by atoms with Crippen molar-refractivity contribution in [2.24, 2.45) is 47.3 Å². The molecule has 3 saturated heterocycles. The van der Waals surface area contributed by atoms with Gasteiger partial charge in [-0.3, -0.25) is 14.4 Å². The first-order valence-electron chi connectivity index (χ1n) is 18.1. The first kappa shape index (κ1) is 41.8. The van der Waals surface area contributed by atoms with E-state index in [2.05, 4.69) is 13.8 Å². The summed E-state index contributed by atoms with van der Waals surface area (Å²) in [7, 11) is -0.160. The monoisotopic (exact) mass is 716 g/mol. The molecule has 0 bridgehead atoms. The number of aliphatic hydroxyl groups is 1. The molecule has 0 aromatic rings. The minimum atomic E-state index is -3.36. The number of esters is 2. The van der Waals surface area contributed by atoms with Crippen LogP contribution in [0, 0.1) is 47.3 Å². The van der Waals surface area contributed by atoms with Gasteiger partial charge in [0.25, 0.3) is 0 Å². The van der Waals surface area contributed by atoms with Crippen molar-refractivity contribution in [3.05, 3.63) is 0 Å². The average Bonchev–Trinajstić information content (AvgIpc) is 3.02. The van der Waals surface area contributed by atoms with Gasteiger partial charge in [-0.1, -0.05) is 41.5 Å². The van der Waals surface area contributed by atoms with Gasteiger partial charge < -0.3 is 28.8 Å². The van der Waals surface area contributed by atoms with Crippen LogP contribution in [0.2, 0.25) is 0 Å². The number of aliphatic hydroxyl groups excluding tert-OH is 1. The summed E-state index contributed by atoms with van der Waals surface area (Å²) in [5.41, 5.74) is -3.10. The fourth-order valence-electron chi connectivity index (χ4n) is 9.65. The van der Waals surface area contributed by atoms with Crippen molar-refractivity contribution in [2.45, 2.75) is 143 Å². The van der Waals surface area contributed by atoms with Gasteiger partial charge >= 0.3 is 11.9 Å². The molecule has 3 rings (SSSR count). The number of hydrogen-bond donors (Lipinski definition) is 1. The Morgan fingerprint density at radius 2 is 1.51 bits per heavy atom. The van der Waals surface area contributed by atoms with Crippen LogP contribution in [-0.2, 0) is 47.9 Å². The molecule has 0 aromatic carbocycles. The van der Waals surface area contributed by atoms with Crippen molar-refractivity contribution in [2.75, 3.05) is 26.2 Å². The van der Waals surface area contributed by atoms with E-state index >= 15 is 0 Å². The standard InChI is InChI=1S/C37H64O11S/c1-14-28-37(10)31(26(17-29(38)48-37)15-16-49(13,42)43)23(5)32(39)20(2)18-35(8,44-11)24(6)21(3)30(22(4)34(41)47-28)27-19-36(9,45-12)33(40)25(7)46-27/h20-28,30-31,33,40H,14-19H2,1-13H3/t20-,21-,22-,23-,24-,25+,26?,27?,28-,30+,31+,33+,35-,36-,37-/m1/s1. The molecule has 11 nitrogen and oxygen atoms in total. The Labute approximate surface area is 294 Å². The Morgan fingerprint density at radius 3 is 2.04 bits per heavy atom. The fraction of sp³-hybridized carbons (Fsp3) is 0.919. The molecule has 15 atom stereocenters. The number of carbonyl (C=O) groups excluding carboxylic acids is 3. The van der Waals surface area contributed by atoms with Crippen LogP contribution in [-0.4, -0.2) is 98.7 Å². The number of fused-ring (bicyclic) bond motifs is 1. The van der Waals surface area contributed by atoms with Crippen LogP contribution >= 0.6 is 0 Å². The van der Waals surface area contributed by atoms with Crippen LogP contribution in [0.3, 0.4) is 0 Å². The minimum absolute atomic E-state index is 0.0315. The molecule has 12 heteroatoms. The van der Waals surface area contributed by atoms with E-state index in [1.807, 2.05) is 41.5 Å². The zero-order chi connectivity index (χ0) is 37.4. The molecule has 0 saturated carbocycles. The highest BCUT2D eigenvalue weighted by Gasteiger charge is 2.58. The van der Waals surface area contributed by atoms with Crippen molar-refractivity contribution in [1.82, 2.24) is 0 Å². The molecule has 49 heavy (non-hydrogen) atoms. The van der Waals surface area contributed by atoms with Gasteiger partial charge in [-0.2, -0.15) is 0 Å². The number of cyclic esters (lactones) is 1. The Bertz CT molecular complexity index is 1300. The quantitative estimate of drug-likeness (QED) is 0.362. The lowest BCUT2D eigenvalue weighted by atomic mass is 9.62. The van der Waals surface area contributed by atoms with E-state index < -0.39 is 98.5 Å². The number of hydrogen-bond acceptors (Lipinski definition) is 11. The van der Waals surface area contributed by atoms with Crippen LogP contribution in [0.5, 0.6) is 0 Å². The van der Waals surface area contributed by atoms with Gasteiger partial charge in [0.1, 0.15) is 33.4 Å². The van der Waals surface area contributed by atoms with Gasteiger partial charge in [0.05, 0.1) is 35.1 Å². The maximum absolute atomic E-state index is 14.4. The average molecular weight is 717 g/mol. The maximum Gasteiger partial charge on any atom is 0.309 e. The number of Topliss-reactive ketones (excluding diaryl/α,β-unsaturated/α-hetero) is 1. The lowest BCUT2D eigenvalue weighted by Crippen LogP contribution is -2.61. The first-order valence-corrected chi connectivity index (χ1v) is 20.1. The smallest absolute Gasteiger partial charge is 0.309 e. The Kier molecular flexibility index (Phi) is 13.3. The zero-order valence-electron chi connectivity index (χ0n) is 32.1. The third-order valence-electron chi connectivity index (χ3n) is 13.0. The second kappa shape index (κ2) is 15.6. The number of rotatable bonds is 7. The van der Waals surface area contributed by atoms with Gasteiger partial charge in [0.15, 0.2) is 0 Å². The SMILES string of the molecule is CC[C@H]1OC(=O)[C@H](C)[C@@H](C2C[C@@](C)(OC)[C@@H](O)[C@H](C)O2)[C@H](C)[C@@H](C)[C@](C)(OC)C[C@@H](C)C(=O)[C@H](C)[C@H]2C(CCS(C)(=O)=O)CC(=O)O[C@@]21C. The molecule has 1 N–H and O–H groups in total. The molecular formula is C37H64O11S.